The first-order valence-corrected chi connectivity index (χ1v) is 13.0. The number of nitrogens with zero attached hydrogens (tertiary/aromatic N) is 4. The van der Waals surface area contributed by atoms with E-state index in [1.54, 1.807) is 14.2 Å². The van der Waals surface area contributed by atoms with Crippen molar-refractivity contribution in [2.45, 2.75) is 32.7 Å². The van der Waals surface area contributed by atoms with Gasteiger partial charge in [0.25, 0.3) is 5.91 Å². The molecule has 0 spiro atoms. The molecule has 1 saturated heterocycles. The lowest BCUT2D eigenvalue weighted by Crippen LogP contribution is -2.34. The second kappa shape index (κ2) is 11.2. The molecule has 1 fully saturated rings. The topological polar surface area (TPSA) is 75.2 Å². The zero-order valence-corrected chi connectivity index (χ0v) is 22.5. The van der Waals surface area contributed by atoms with Gasteiger partial charge in [-0.05, 0) is 50.1 Å². The van der Waals surface area contributed by atoms with Crippen LogP contribution in [-0.2, 0) is 11.3 Å². The largest absolute Gasteiger partial charge is 0.496 e. The summed E-state index contributed by atoms with van der Waals surface area (Å²) in [6, 6.07) is 9.62. The number of likely N-dealkylation sites (tertiary alicyclic amines) is 1. The average Bonchev–Trinajstić information content (AvgIpc) is 3.49. The molecule has 0 N–H and O–H groups in total. The van der Waals surface area contributed by atoms with Crippen LogP contribution in [0.3, 0.4) is 0 Å². The molecule has 0 aliphatic carbocycles. The Hall–Kier alpha value is -3.33. The zero-order valence-electron chi connectivity index (χ0n) is 21.7. The summed E-state index contributed by atoms with van der Waals surface area (Å²) in [6.45, 7) is 4.40. The molecule has 36 heavy (non-hydrogen) atoms. The maximum atomic E-state index is 13.6. The van der Waals surface area contributed by atoms with Gasteiger partial charge in [0.05, 0.1) is 19.1 Å². The lowest BCUT2D eigenvalue weighted by Gasteiger charge is -2.26. The standard InChI is InChI=1S/C27H34N4O4S/c1-18-9-12-23(36-18)27(33)31(15-7-14-30-13-6-8-24(30)32)17-19-16-20-21(34-4)10-11-22(35-5)25(20)28-26(19)29(2)3/h9-12,16H,6-8,13-15,17H2,1-5H3. The minimum Gasteiger partial charge on any atom is -0.496 e. The summed E-state index contributed by atoms with van der Waals surface area (Å²) in [4.78, 5) is 38.1. The molecule has 0 atom stereocenters. The number of benzene rings is 1. The lowest BCUT2D eigenvalue weighted by atomic mass is 10.1. The first-order valence-electron chi connectivity index (χ1n) is 12.2. The van der Waals surface area contributed by atoms with Crippen molar-refractivity contribution >= 4 is 39.9 Å². The maximum absolute atomic E-state index is 13.6. The quantitative estimate of drug-likeness (QED) is 0.404. The highest BCUT2D eigenvalue weighted by atomic mass is 32.1. The highest BCUT2D eigenvalue weighted by Gasteiger charge is 2.24. The molecular formula is C27H34N4O4S. The van der Waals surface area contributed by atoms with Gasteiger partial charge in [-0.15, -0.1) is 11.3 Å². The van der Waals surface area contributed by atoms with E-state index < -0.39 is 0 Å². The molecule has 2 amide bonds. The average molecular weight is 511 g/mol. The number of carbonyl (C=O) groups excluding carboxylic acids is 2. The third-order valence-corrected chi connectivity index (χ3v) is 7.44. The third kappa shape index (κ3) is 5.41. The van der Waals surface area contributed by atoms with Gasteiger partial charge >= 0.3 is 0 Å². The van der Waals surface area contributed by atoms with Crippen molar-refractivity contribution in [2.75, 3.05) is 52.8 Å². The fourth-order valence-electron chi connectivity index (χ4n) is 4.64. The number of methoxy groups -OCH3 is 2. The van der Waals surface area contributed by atoms with Gasteiger partial charge in [0.2, 0.25) is 5.91 Å². The number of pyridine rings is 1. The number of hydrogen-bond acceptors (Lipinski definition) is 7. The van der Waals surface area contributed by atoms with E-state index in [1.807, 2.05) is 66.1 Å². The van der Waals surface area contributed by atoms with E-state index in [0.29, 0.717) is 47.9 Å². The van der Waals surface area contributed by atoms with Crippen LogP contribution in [0.25, 0.3) is 10.9 Å². The van der Waals surface area contributed by atoms with E-state index in [0.717, 1.165) is 41.0 Å². The Morgan fingerprint density at radius 2 is 1.89 bits per heavy atom. The van der Waals surface area contributed by atoms with Gasteiger partial charge in [-0.25, -0.2) is 4.98 Å². The normalized spacial score (nSPS) is 13.4. The Balaban J connectivity index is 1.69. The van der Waals surface area contributed by atoms with Crippen LogP contribution in [0.4, 0.5) is 5.82 Å². The zero-order chi connectivity index (χ0) is 25.8. The SMILES string of the molecule is COc1ccc(OC)c2nc(N(C)C)c(CN(CCCN3CCCC3=O)C(=O)c3ccc(C)s3)cc12. The molecular weight excluding hydrogens is 476 g/mol. The van der Waals surface area contributed by atoms with Gasteiger partial charge in [0.15, 0.2) is 0 Å². The number of rotatable bonds is 10. The molecule has 0 bridgehead atoms. The summed E-state index contributed by atoms with van der Waals surface area (Å²) in [5.74, 6) is 2.32. The number of amides is 2. The highest BCUT2D eigenvalue weighted by molar-refractivity contribution is 7.13. The molecule has 1 aliphatic rings. The van der Waals surface area contributed by atoms with Crippen LogP contribution < -0.4 is 14.4 Å². The van der Waals surface area contributed by atoms with E-state index in [4.69, 9.17) is 14.5 Å². The molecule has 9 heteroatoms. The van der Waals surface area contributed by atoms with Crippen LogP contribution in [0.15, 0.2) is 30.3 Å². The van der Waals surface area contributed by atoms with E-state index in [-0.39, 0.29) is 11.8 Å². The predicted octanol–water partition coefficient (Wildman–Crippen LogP) is 4.34. The Labute approximate surface area is 216 Å². The van der Waals surface area contributed by atoms with Crippen molar-refractivity contribution in [1.82, 2.24) is 14.8 Å². The number of aromatic nitrogens is 1. The monoisotopic (exact) mass is 510 g/mol. The van der Waals surface area contributed by atoms with Crippen LogP contribution in [0.1, 0.15) is 39.4 Å². The van der Waals surface area contributed by atoms with Crippen molar-refractivity contribution in [1.29, 1.82) is 0 Å². The van der Waals surface area contributed by atoms with E-state index in [1.165, 1.54) is 11.3 Å². The smallest absolute Gasteiger partial charge is 0.264 e. The Bertz CT molecular complexity index is 1260. The number of thiophene rings is 1. The third-order valence-electron chi connectivity index (χ3n) is 6.45. The molecule has 1 aliphatic heterocycles. The molecule has 3 heterocycles. The molecule has 192 valence electrons. The van der Waals surface area contributed by atoms with Crippen molar-refractivity contribution in [3.05, 3.63) is 45.6 Å². The van der Waals surface area contributed by atoms with Gasteiger partial charge in [0, 0.05) is 62.5 Å². The molecule has 8 nitrogen and oxygen atoms in total. The Morgan fingerprint density at radius 3 is 2.50 bits per heavy atom. The highest BCUT2D eigenvalue weighted by Crippen LogP contribution is 2.35. The first-order chi connectivity index (χ1) is 17.3. The number of fused-ring (bicyclic) bond motifs is 1. The van der Waals surface area contributed by atoms with Gasteiger partial charge in [-0.3, -0.25) is 9.59 Å². The Kier molecular flexibility index (Phi) is 7.98. The van der Waals surface area contributed by atoms with Crippen LogP contribution >= 0.6 is 11.3 Å². The van der Waals surface area contributed by atoms with Gasteiger partial charge in [-0.2, -0.15) is 0 Å². The molecule has 0 saturated carbocycles. The van der Waals surface area contributed by atoms with E-state index >= 15 is 0 Å². The number of ether oxygens (including phenoxy) is 2. The second-order valence-electron chi connectivity index (χ2n) is 9.21. The van der Waals surface area contributed by atoms with E-state index in [9.17, 15) is 9.59 Å². The van der Waals surface area contributed by atoms with Crippen molar-refractivity contribution < 1.29 is 19.1 Å². The maximum Gasteiger partial charge on any atom is 0.264 e. The summed E-state index contributed by atoms with van der Waals surface area (Å²) in [5, 5.41) is 0.833. The van der Waals surface area contributed by atoms with Crippen molar-refractivity contribution in [3.8, 4) is 11.5 Å². The summed E-state index contributed by atoms with van der Waals surface area (Å²) in [7, 11) is 7.15. The second-order valence-corrected chi connectivity index (χ2v) is 10.5. The molecule has 3 aromatic rings. The predicted molar refractivity (Wildman–Crippen MR) is 143 cm³/mol. The number of carbonyl (C=O) groups is 2. The number of anilines is 1. The summed E-state index contributed by atoms with van der Waals surface area (Å²) >= 11 is 1.50. The van der Waals surface area contributed by atoms with Crippen LogP contribution in [-0.4, -0.2) is 74.5 Å². The Morgan fingerprint density at radius 1 is 1.14 bits per heavy atom. The van der Waals surface area contributed by atoms with Crippen LogP contribution in [0.2, 0.25) is 0 Å². The van der Waals surface area contributed by atoms with Crippen molar-refractivity contribution in [2.24, 2.45) is 0 Å². The van der Waals surface area contributed by atoms with E-state index in [2.05, 4.69) is 0 Å². The van der Waals surface area contributed by atoms with Gasteiger partial charge in [0.1, 0.15) is 22.8 Å². The molecule has 0 radical (unpaired) electrons. The van der Waals surface area contributed by atoms with Crippen molar-refractivity contribution in [3.63, 3.8) is 0 Å². The van der Waals surface area contributed by atoms with Crippen LogP contribution in [0.5, 0.6) is 11.5 Å². The molecule has 4 rings (SSSR count). The molecule has 2 aromatic heterocycles. The first kappa shape index (κ1) is 25.8. The molecule has 0 unspecified atom stereocenters. The number of aryl methyl sites for hydroxylation is 1. The molecule has 1 aromatic carbocycles. The minimum atomic E-state index is -0.0109. The lowest BCUT2D eigenvalue weighted by molar-refractivity contribution is -0.127. The number of hydrogen-bond donors (Lipinski definition) is 0. The van der Waals surface area contributed by atoms with Gasteiger partial charge in [-0.1, -0.05) is 0 Å². The van der Waals surface area contributed by atoms with Gasteiger partial charge < -0.3 is 24.2 Å². The summed E-state index contributed by atoms with van der Waals surface area (Å²) < 4.78 is 11.2. The minimum absolute atomic E-state index is 0.0109. The fraction of sp³-hybridized carbons (Fsp3) is 0.444. The summed E-state index contributed by atoms with van der Waals surface area (Å²) in [6.07, 6.45) is 2.25. The fourth-order valence-corrected chi connectivity index (χ4v) is 5.48. The van der Waals surface area contributed by atoms with Crippen LogP contribution in [0, 0.1) is 6.92 Å². The summed E-state index contributed by atoms with van der Waals surface area (Å²) in [5.41, 5.74) is 1.63.